The Morgan fingerprint density at radius 3 is 2.38 bits per heavy atom. The molecule has 0 N–H and O–H groups in total. The van der Waals surface area contributed by atoms with E-state index < -0.39 is 47.1 Å². The first kappa shape index (κ1) is 27.3. The van der Waals surface area contributed by atoms with Crippen LogP contribution in [0, 0.1) is 24.5 Å². The highest BCUT2D eigenvalue weighted by Gasteiger charge is 2.65. The number of hydrogen-bond acceptors (Lipinski definition) is 5. The van der Waals surface area contributed by atoms with Gasteiger partial charge in [-0.2, -0.15) is 22.5 Å². The van der Waals surface area contributed by atoms with Crippen LogP contribution in [-0.2, 0) is 11.3 Å². The lowest BCUT2D eigenvalue weighted by Crippen LogP contribution is -2.46. The lowest BCUT2D eigenvalue weighted by Gasteiger charge is -2.32. The summed E-state index contributed by atoms with van der Waals surface area (Å²) in [6.07, 6.45) is -6.14. The third kappa shape index (κ3) is 4.90. The zero-order valence-electron chi connectivity index (χ0n) is 20.4. The topological polar surface area (TPSA) is 53.5 Å². The van der Waals surface area contributed by atoms with E-state index in [0.29, 0.717) is 10.2 Å². The highest BCUT2D eigenvalue weighted by molar-refractivity contribution is 9.10. The Hall–Kier alpha value is -2.79. The third-order valence-electron chi connectivity index (χ3n) is 6.79. The summed E-state index contributed by atoms with van der Waals surface area (Å²) in [5.41, 5.74) is -1.36. The molecule has 0 radical (unpaired) electrons. The molecular formula is C26H24BrF5N2O3. The minimum atomic E-state index is -4.78. The molecule has 0 aliphatic carbocycles. The summed E-state index contributed by atoms with van der Waals surface area (Å²) in [6, 6.07) is 11.3. The predicted octanol–water partition coefficient (Wildman–Crippen LogP) is 7.23. The van der Waals surface area contributed by atoms with Crippen molar-refractivity contribution in [2.24, 2.45) is 5.92 Å². The summed E-state index contributed by atoms with van der Waals surface area (Å²) < 4.78 is 88.4. The molecule has 198 valence electrons. The van der Waals surface area contributed by atoms with Gasteiger partial charge in [-0.05, 0) is 41.4 Å². The van der Waals surface area contributed by atoms with Gasteiger partial charge in [0.1, 0.15) is 17.2 Å². The van der Waals surface area contributed by atoms with Crippen molar-refractivity contribution in [1.29, 1.82) is 0 Å². The Labute approximate surface area is 219 Å². The van der Waals surface area contributed by atoms with Crippen molar-refractivity contribution in [2.45, 2.75) is 51.2 Å². The summed E-state index contributed by atoms with van der Waals surface area (Å²) in [5.74, 6) is -5.32. The average Bonchev–Trinajstić information content (AvgIpc) is 3.13. The normalized spacial score (nSPS) is 23.8. The number of ether oxygens (including phenoxy) is 3. The summed E-state index contributed by atoms with van der Waals surface area (Å²) >= 11 is 3.38. The fraction of sp³-hybridized carbons (Fsp3) is 0.385. The van der Waals surface area contributed by atoms with Crippen LogP contribution in [-0.4, -0.2) is 28.9 Å². The molecule has 11 heteroatoms. The number of aromatic nitrogens is 2. The largest absolute Gasteiger partial charge is 0.493 e. The van der Waals surface area contributed by atoms with Crippen LogP contribution in [0.15, 0.2) is 46.9 Å². The van der Waals surface area contributed by atoms with Crippen LogP contribution < -0.4 is 9.47 Å². The third-order valence-corrected chi connectivity index (χ3v) is 7.70. The molecule has 1 fully saturated rings. The Balaban J connectivity index is 1.83. The minimum Gasteiger partial charge on any atom is -0.493 e. The molecule has 37 heavy (non-hydrogen) atoms. The predicted molar refractivity (Wildman–Crippen MR) is 128 cm³/mol. The smallest absolute Gasteiger partial charge is 0.417 e. The van der Waals surface area contributed by atoms with Crippen molar-refractivity contribution in [3.63, 3.8) is 0 Å². The fourth-order valence-corrected chi connectivity index (χ4v) is 4.83. The van der Waals surface area contributed by atoms with E-state index in [-0.39, 0.29) is 23.9 Å². The maximum Gasteiger partial charge on any atom is 0.417 e. The summed E-state index contributed by atoms with van der Waals surface area (Å²) in [6.45, 7) is 4.06. The van der Waals surface area contributed by atoms with Gasteiger partial charge >= 0.3 is 6.18 Å². The van der Waals surface area contributed by atoms with Gasteiger partial charge in [-0.25, -0.2) is 9.37 Å². The quantitative estimate of drug-likeness (QED) is 0.285. The number of aryl methyl sites for hydroxylation is 1. The highest BCUT2D eigenvalue weighted by atomic mass is 79.9. The van der Waals surface area contributed by atoms with Crippen LogP contribution in [0.2, 0.25) is 0 Å². The lowest BCUT2D eigenvalue weighted by molar-refractivity contribution is -0.275. The van der Waals surface area contributed by atoms with Gasteiger partial charge in [0.15, 0.2) is 23.0 Å². The Morgan fingerprint density at radius 2 is 1.76 bits per heavy atom. The molecule has 1 aromatic heterocycles. The van der Waals surface area contributed by atoms with Gasteiger partial charge in [0.25, 0.3) is 0 Å². The fourth-order valence-electron chi connectivity index (χ4n) is 4.54. The van der Waals surface area contributed by atoms with Gasteiger partial charge in [-0.15, -0.1) is 0 Å². The highest BCUT2D eigenvalue weighted by Crippen LogP contribution is 2.59. The molecule has 0 saturated carbocycles. The van der Waals surface area contributed by atoms with Crippen molar-refractivity contribution >= 4 is 15.9 Å². The van der Waals surface area contributed by atoms with Crippen molar-refractivity contribution in [3.05, 3.63) is 81.2 Å². The van der Waals surface area contributed by atoms with Gasteiger partial charge in [-0.3, -0.25) is 0 Å². The first-order valence-corrected chi connectivity index (χ1v) is 12.2. The van der Waals surface area contributed by atoms with E-state index in [1.165, 1.54) is 13.0 Å². The number of nitrogens with zero attached hydrogens (tertiary/aromatic N) is 2. The Morgan fingerprint density at radius 1 is 1.08 bits per heavy atom. The van der Waals surface area contributed by atoms with Crippen LogP contribution in [0.3, 0.4) is 0 Å². The van der Waals surface area contributed by atoms with E-state index >= 15 is 0 Å². The van der Waals surface area contributed by atoms with Gasteiger partial charge in [0.2, 0.25) is 11.7 Å². The molecule has 0 bridgehead atoms. The second-order valence-corrected chi connectivity index (χ2v) is 9.80. The summed E-state index contributed by atoms with van der Waals surface area (Å²) in [5, 5.41) is 0. The average molecular weight is 587 g/mol. The van der Waals surface area contributed by atoms with Gasteiger partial charge in [-0.1, -0.05) is 43.3 Å². The Kier molecular flexibility index (Phi) is 7.49. The number of rotatable bonds is 6. The van der Waals surface area contributed by atoms with Crippen molar-refractivity contribution < 1.29 is 36.2 Å². The number of alkyl halides is 3. The molecule has 4 atom stereocenters. The second kappa shape index (κ2) is 10.2. The molecule has 4 rings (SSSR count). The monoisotopic (exact) mass is 586 g/mol. The van der Waals surface area contributed by atoms with Crippen molar-refractivity contribution in [3.8, 4) is 11.6 Å². The van der Waals surface area contributed by atoms with Gasteiger partial charge < -0.3 is 14.2 Å². The van der Waals surface area contributed by atoms with Gasteiger partial charge in [0.05, 0.1) is 12.8 Å². The van der Waals surface area contributed by atoms with Crippen molar-refractivity contribution in [2.75, 3.05) is 7.11 Å². The number of benzene rings is 2. The Bertz CT molecular complexity index is 1290. The molecule has 3 aromatic rings. The van der Waals surface area contributed by atoms with Crippen LogP contribution >= 0.6 is 15.9 Å². The first-order valence-electron chi connectivity index (χ1n) is 11.4. The molecular weight excluding hydrogens is 563 g/mol. The molecule has 5 nitrogen and oxygen atoms in total. The lowest BCUT2D eigenvalue weighted by atomic mass is 9.77. The summed E-state index contributed by atoms with van der Waals surface area (Å²) in [4.78, 5) is 8.79. The first-order chi connectivity index (χ1) is 17.4. The van der Waals surface area contributed by atoms with E-state index in [2.05, 4.69) is 25.9 Å². The van der Waals surface area contributed by atoms with Crippen LogP contribution in [0.4, 0.5) is 22.0 Å². The van der Waals surface area contributed by atoms with Gasteiger partial charge in [0, 0.05) is 17.4 Å². The molecule has 1 saturated heterocycles. The molecule has 0 unspecified atom stereocenters. The SMILES string of the molecule is COc1c([C@H]2[C@H](c3nc(C)c(Br)c(OCc4ccccc4)n3)O[C@@](C)(C(F)(F)F)[C@H]2C)ccc(F)c1F. The van der Waals surface area contributed by atoms with E-state index in [0.717, 1.165) is 25.7 Å². The second-order valence-electron chi connectivity index (χ2n) is 9.00. The van der Waals surface area contributed by atoms with Crippen LogP contribution in [0.25, 0.3) is 0 Å². The number of hydrogen-bond donors (Lipinski definition) is 0. The van der Waals surface area contributed by atoms with E-state index in [1.54, 1.807) is 6.92 Å². The van der Waals surface area contributed by atoms with Crippen molar-refractivity contribution in [1.82, 2.24) is 9.97 Å². The van der Waals surface area contributed by atoms with Crippen LogP contribution in [0.1, 0.15) is 48.5 Å². The van der Waals surface area contributed by atoms with E-state index in [9.17, 15) is 22.0 Å². The number of halogens is 6. The van der Waals surface area contributed by atoms with Crippen LogP contribution in [0.5, 0.6) is 11.6 Å². The molecule has 0 spiro atoms. The maximum atomic E-state index is 14.6. The standard InChI is InChI=1S/C26H24BrF5N2O3/c1-13-18(16-10-11-17(28)20(29)21(16)35-4)22(37-25(13,3)26(30,31)32)23-33-14(2)19(27)24(34-23)36-12-15-8-6-5-7-9-15/h5-11,13,18,22H,12H2,1-4H3/t13-,18-,22+,25+/m0/s1. The molecule has 2 aromatic carbocycles. The minimum absolute atomic E-state index is 0.0165. The number of methoxy groups -OCH3 is 1. The zero-order chi connectivity index (χ0) is 27.1. The maximum absolute atomic E-state index is 14.6. The molecule has 0 amide bonds. The van der Waals surface area contributed by atoms with E-state index in [1.807, 2.05) is 30.3 Å². The molecule has 2 heterocycles. The summed E-state index contributed by atoms with van der Waals surface area (Å²) in [7, 11) is 1.12. The molecule has 1 aliphatic rings. The molecule has 1 aliphatic heterocycles. The van der Waals surface area contributed by atoms with E-state index in [4.69, 9.17) is 14.2 Å². The zero-order valence-corrected chi connectivity index (χ0v) is 22.0.